The summed E-state index contributed by atoms with van der Waals surface area (Å²) in [4.78, 5) is 14.3. The maximum atomic E-state index is 12.6. The molecule has 2 amide bonds. The number of rotatable bonds is 5. The van der Waals surface area contributed by atoms with Gasteiger partial charge in [0.2, 0.25) is 0 Å². The molecule has 0 bridgehead atoms. The number of aliphatic hydroxyl groups excluding tert-OH is 1. The number of carbonyl (C=O) groups is 1. The smallest absolute Gasteiger partial charge is 0.318 e. The SMILES string of the molecule is CN(CC1CCCC1O)C(=O)NC(c1ccccc1)c1ccco1. The molecule has 0 saturated heterocycles. The Morgan fingerprint density at radius 3 is 2.71 bits per heavy atom. The number of urea groups is 1. The molecule has 2 N–H and O–H groups in total. The molecule has 3 rings (SSSR count). The quantitative estimate of drug-likeness (QED) is 0.886. The summed E-state index contributed by atoms with van der Waals surface area (Å²) in [7, 11) is 1.77. The van der Waals surface area contributed by atoms with Crippen molar-refractivity contribution in [1.29, 1.82) is 0 Å². The van der Waals surface area contributed by atoms with Crippen LogP contribution < -0.4 is 5.32 Å². The maximum Gasteiger partial charge on any atom is 0.318 e. The van der Waals surface area contributed by atoms with Gasteiger partial charge in [0.1, 0.15) is 11.8 Å². The summed E-state index contributed by atoms with van der Waals surface area (Å²) < 4.78 is 5.51. The summed E-state index contributed by atoms with van der Waals surface area (Å²) in [5.41, 5.74) is 0.968. The van der Waals surface area contributed by atoms with E-state index in [-0.39, 0.29) is 24.1 Å². The predicted octanol–water partition coefficient (Wildman–Crippen LogP) is 3.17. The molecule has 1 aliphatic rings. The number of furan rings is 1. The van der Waals surface area contributed by atoms with Crippen molar-refractivity contribution < 1.29 is 14.3 Å². The molecule has 0 spiro atoms. The van der Waals surface area contributed by atoms with E-state index in [9.17, 15) is 9.90 Å². The van der Waals surface area contributed by atoms with E-state index in [0.717, 1.165) is 24.8 Å². The minimum atomic E-state index is -0.329. The lowest BCUT2D eigenvalue weighted by molar-refractivity contribution is 0.113. The number of nitrogens with zero attached hydrogens (tertiary/aromatic N) is 1. The van der Waals surface area contributed by atoms with Crippen molar-refractivity contribution in [3.63, 3.8) is 0 Å². The van der Waals surface area contributed by atoms with Gasteiger partial charge < -0.3 is 19.7 Å². The zero-order valence-electron chi connectivity index (χ0n) is 13.9. The Labute approximate surface area is 142 Å². The van der Waals surface area contributed by atoms with E-state index < -0.39 is 0 Å². The molecule has 3 unspecified atom stereocenters. The van der Waals surface area contributed by atoms with Crippen LogP contribution in [0.1, 0.15) is 36.6 Å². The molecule has 24 heavy (non-hydrogen) atoms. The van der Waals surface area contributed by atoms with E-state index >= 15 is 0 Å². The molecule has 128 valence electrons. The first-order valence-electron chi connectivity index (χ1n) is 8.43. The Balaban J connectivity index is 1.69. The highest BCUT2D eigenvalue weighted by Gasteiger charge is 2.28. The molecule has 1 aromatic carbocycles. The topological polar surface area (TPSA) is 65.7 Å². The summed E-state index contributed by atoms with van der Waals surface area (Å²) in [6, 6.07) is 12.9. The van der Waals surface area contributed by atoms with Gasteiger partial charge in [0, 0.05) is 19.5 Å². The second-order valence-corrected chi connectivity index (χ2v) is 6.45. The molecular weight excluding hydrogens is 304 g/mol. The van der Waals surface area contributed by atoms with Crippen molar-refractivity contribution in [2.75, 3.05) is 13.6 Å². The molecule has 1 aliphatic carbocycles. The number of hydrogen-bond acceptors (Lipinski definition) is 3. The number of amides is 2. The molecule has 0 radical (unpaired) electrons. The normalized spacial score (nSPS) is 21.4. The summed E-state index contributed by atoms with van der Waals surface area (Å²) in [6.45, 7) is 0.562. The summed E-state index contributed by atoms with van der Waals surface area (Å²) in [5, 5.41) is 13.0. The molecule has 5 heteroatoms. The minimum absolute atomic E-state index is 0.166. The highest BCUT2D eigenvalue weighted by atomic mass is 16.3. The largest absolute Gasteiger partial charge is 0.467 e. The van der Waals surface area contributed by atoms with Gasteiger partial charge >= 0.3 is 6.03 Å². The fourth-order valence-corrected chi connectivity index (χ4v) is 3.32. The van der Waals surface area contributed by atoms with Gasteiger partial charge in [-0.05, 0) is 30.5 Å². The lowest BCUT2D eigenvalue weighted by atomic mass is 10.0. The van der Waals surface area contributed by atoms with E-state index in [0.29, 0.717) is 12.3 Å². The van der Waals surface area contributed by atoms with Crippen molar-refractivity contribution in [2.45, 2.75) is 31.4 Å². The summed E-state index contributed by atoms with van der Waals surface area (Å²) >= 11 is 0. The Hall–Kier alpha value is -2.27. The first kappa shape index (κ1) is 16.6. The Morgan fingerprint density at radius 2 is 2.08 bits per heavy atom. The minimum Gasteiger partial charge on any atom is -0.467 e. The van der Waals surface area contributed by atoms with Crippen molar-refractivity contribution in [1.82, 2.24) is 10.2 Å². The standard InChI is InChI=1S/C19H24N2O3/c1-21(13-15-9-5-10-16(15)22)19(23)20-18(17-11-6-12-24-17)14-7-3-2-4-8-14/h2-4,6-8,11-12,15-16,18,22H,5,9-10,13H2,1H3,(H,20,23). The number of benzene rings is 1. The van der Waals surface area contributed by atoms with Crippen molar-refractivity contribution in [3.05, 3.63) is 60.1 Å². The first-order chi connectivity index (χ1) is 11.6. The molecule has 1 saturated carbocycles. The number of carbonyl (C=O) groups excluding carboxylic acids is 1. The van der Waals surface area contributed by atoms with Gasteiger partial charge in [0.15, 0.2) is 0 Å². The molecule has 1 heterocycles. The maximum absolute atomic E-state index is 12.6. The number of hydrogen-bond donors (Lipinski definition) is 2. The highest BCUT2D eigenvalue weighted by Crippen LogP contribution is 2.26. The molecular formula is C19H24N2O3. The third-order valence-electron chi connectivity index (χ3n) is 4.70. The lowest BCUT2D eigenvalue weighted by Gasteiger charge is -2.26. The molecule has 1 fully saturated rings. The van der Waals surface area contributed by atoms with E-state index in [1.165, 1.54) is 0 Å². The van der Waals surface area contributed by atoms with Crippen LogP contribution in [0.2, 0.25) is 0 Å². The highest BCUT2D eigenvalue weighted by molar-refractivity contribution is 5.75. The van der Waals surface area contributed by atoms with Crippen LogP contribution in [0, 0.1) is 5.92 Å². The molecule has 2 aromatic rings. The van der Waals surface area contributed by atoms with Gasteiger partial charge in [-0.25, -0.2) is 4.79 Å². The monoisotopic (exact) mass is 328 g/mol. The van der Waals surface area contributed by atoms with Gasteiger partial charge in [-0.2, -0.15) is 0 Å². The van der Waals surface area contributed by atoms with Crippen LogP contribution in [0.4, 0.5) is 4.79 Å². The number of aliphatic hydroxyl groups is 1. The van der Waals surface area contributed by atoms with Crippen LogP contribution in [-0.4, -0.2) is 35.7 Å². The van der Waals surface area contributed by atoms with E-state index in [1.54, 1.807) is 18.2 Å². The summed E-state index contributed by atoms with van der Waals surface area (Å²) in [6.07, 6.45) is 4.14. The average Bonchev–Trinajstić information content (AvgIpc) is 3.26. The van der Waals surface area contributed by atoms with Crippen LogP contribution in [0.15, 0.2) is 53.1 Å². The van der Waals surface area contributed by atoms with Crippen molar-refractivity contribution in [3.8, 4) is 0 Å². The van der Waals surface area contributed by atoms with E-state index in [1.807, 2.05) is 42.5 Å². The van der Waals surface area contributed by atoms with Crippen molar-refractivity contribution >= 4 is 6.03 Å². The Kier molecular flexibility index (Phi) is 5.20. The summed E-state index contributed by atoms with van der Waals surface area (Å²) in [5.74, 6) is 0.864. The van der Waals surface area contributed by atoms with Gasteiger partial charge in [-0.15, -0.1) is 0 Å². The first-order valence-corrected chi connectivity index (χ1v) is 8.43. The Morgan fingerprint density at radius 1 is 1.29 bits per heavy atom. The van der Waals surface area contributed by atoms with Crippen LogP contribution in [-0.2, 0) is 0 Å². The second-order valence-electron chi connectivity index (χ2n) is 6.45. The molecule has 5 nitrogen and oxygen atoms in total. The van der Waals surface area contributed by atoms with Crippen LogP contribution in [0.5, 0.6) is 0 Å². The van der Waals surface area contributed by atoms with Crippen LogP contribution in [0.3, 0.4) is 0 Å². The third kappa shape index (κ3) is 3.79. The number of nitrogens with one attached hydrogen (secondary N) is 1. The molecule has 0 aliphatic heterocycles. The van der Waals surface area contributed by atoms with Crippen LogP contribution >= 0.6 is 0 Å². The van der Waals surface area contributed by atoms with Gasteiger partial charge in [-0.3, -0.25) is 0 Å². The van der Waals surface area contributed by atoms with Crippen LogP contribution in [0.25, 0.3) is 0 Å². The average molecular weight is 328 g/mol. The predicted molar refractivity (Wildman–Crippen MR) is 91.5 cm³/mol. The van der Waals surface area contributed by atoms with Crippen molar-refractivity contribution in [2.24, 2.45) is 5.92 Å². The fourth-order valence-electron chi connectivity index (χ4n) is 3.32. The zero-order chi connectivity index (χ0) is 16.9. The van der Waals surface area contributed by atoms with Gasteiger partial charge in [-0.1, -0.05) is 36.8 Å². The second kappa shape index (κ2) is 7.53. The van der Waals surface area contributed by atoms with E-state index in [4.69, 9.17) is 4.42 Å². The lowest BCUT2D eigenvalue weighted by Crippen LogP contribution is -2.42. The molecule has 3 atom stereocenters. The fraction of sp³-hybridized carbons (Fsp3) is 0.421. The zero-order valence-corrected chi connectivity index (χ0v) is 13.9. The van der Waals surface area contributed by atoms with E-state index in [2.05, 4.69) is 5.32 Å². The Bertz CT molecular complexity index is 642. The van der Waals surface area contributed by atoms with Gasteiger partial charge in [0.25, 0.3) is 0 Å². The third-order valence-corrected chi connectivity index (χ3v) is 4.70. The van der Waals surface area contributed by atoms with Gasteiger partial charge in [0.05, 0.1) is 12.4 Å². The molecule has 1 aromatic heterocycles.